The van der Waals surface area contributed by atoms with Crippen LogP contribution in [0.2, 0.25) is 0 Å². The lowest BCUT2D eigenvalue weighted by Gasteiger charge is -2.35. The van der Waals surface area contributed by atoms with Crippen molar-refractivity contribution in [1.29, 1.82) is 10.5 Å². The molecule has 4 heteroatoms. The van der Waals surface area contributed by atoms with Gasteiger partial charge in [-0.15, -0.1) is 0 Å². The standard InChI is InChI=1S/C44H29N3Si/c45-30-34-28-33(32-24-26-36(27-25-32)47-42-22-12-10-20-40(42)41-21-11-13-23-43(41)47)29-35(31-46)44(34)48(37-14-4-1-5-15-37,38-16-6-2-7-17-38)39-18-8-3-9-19-39/h1-29H. The van der Waals surface area contributed by atoms with E-state index in [-0.39, 0.29) is 0 Å². The van der Waals surface area contributed by atoms with Crippen molar-refractivity contribution in [3.8, 4) is 29.0 Å². The third kappa shape index (κ3) is 4.55. The molecule has 1 aromatic heterocycles. The summed E-state index contributed by atoms with van der Waals surface area (Å²) in [5.41, 5.74) is 6.20. The highest BCUT2D eigenvalue weighted by Crippen LogP contribution is 2.33. The molecule has 0 spiro atoms. The van der Waals surface area contributed by atoms with Gasteiger partial charge in [0.15, 0.2) is 8.07 Å². The van der Waals surface area contributed by atoms with Gasteiger partial charge < -0.3 is 4.57 Å². The summed E-state index contributed by atoms with van der Waals surface area (Å²) in [4.78, 5) is 0. The highest BCUT2D eigenvalue weighted by molar-refractivity contribution is 7.20. The molecule has 0 atom stereocenters. The first-order valence-electron chi connectivity index (χ1n) is 16.0. The predicted octanol–water partition coefficient (Wildman–Crippen LogP) is 7.57. The average molecular weight is 628 g/mol. The maximum Gasteiger partial charge on any atom is 0.182 e. The van der Waals surface area contributed by atoms with Gasteiger partial charge in [-0.2, -0.15) is 10.5 Å². The van der Waals surface area contributed by atoms with Crippen LogP contribution in [0, 0.1) is 22.7 Å². The van der Waals surface area contributed by atoms with Crippen LogP contribution in [0.3, 0.4) is 0 Å². The molecule has 0 radical (unpaired) electrons. The summed E-state index contributed by atoms with van der Waals surface area (Å²) in [5, 5.41) is 28.3. The lowest BCUT2D eigenvalue weighted by molar-refractivity contribution is 1.18. The summed E-state index contributed by atoms with van der Waals surface area (Å²) < 4.78 is 2.29. The molecule has 0 fully saturated rings. The van der Waals surface area contributed by atoms with Crippen molar-refractivity contribution in [2.75, 3.05) is 0 Å². The molecule has 0 aliphatic heterocycles. The van der Waals surface area contributed by atoms with Gasteiger partial charge in [-0.05, 0) is 68.3 Å². The quantitative estimate of drug-likeness (QED) is 0.141. The summed E-state index contributed by atoms with van der Waals surface area (Å²) >= 11 is 0. The van der Waals surface area contributed by atoms with Gasteiger partial charge in [-0.1, -0.05) is 140 Å². The molecule has 0 amide bonds. The summed E-state index contributed by atoms with van der Waals surface area (Å²) in [6.07, 6.45) is 0. The molecule has 8 rings (SSSR count). The third-order valence-electron chi connectivity index (χ3n) is 9.41. The van der Waals surface area contributed by atoms with E-state index in [0.29, 0.717) is 11.1 Å². The van der Waals surface area contributed by atoms with Crippen LogP contribution in [0.1, 0.15) is 11.1 Å². The molecule has 7 aromatic carbocycles. The molecule has 3 nitrogen and oxygen atoms in total. The zero-order valence-electron chi connectivity index (χ0n) is 26.1. The first-order valence-corrected chi connectivity index (χ1v) is 18.0. The Morgan fingerprint density at radius 2 is 0.812 bits per heavy atom. The van der Waals surface area contributed by atoms with E-state index in [9.17, 15) is 10.5 Å². The lowest BCUT2D eigenvalue weighted by atomic mass is 10.00. The largest absolute Gasteiger partial charge is 0.309 e. The zero-order valence-corrected chi connectivity index (χ0v) is 27.1. The third-order valence-corrected chi connectivity index (χ3v) is 14.3. The molecule has 0 unspecified atom stereocenters. The van der Waals surface area contributed by atoms with Crippen molar-refractivity contribution in [3.05, 3.63) is 187 Å². The minimum absolute atomic E-state index is 0.527. The van der Waals surface area contributed by atoms with Crippen molar-refractivity contribution in [1.82, 2.24) is 4.57 Å². The Balaban J connectivity index is 1.34. The summed E-state index contributed by atoms with van der Waals surface area (Å²) in [6, 6.07) is 65.7. The first kappa shape index (κ1) is 29.0. The zero-order chi connectivity index (χ0) is 32.5. The molecule has 0 aliphatic carbocycles. The summed E-state index contributed by atoms with van der Waals surface area (Å²) in [5.74, 6) is 0. The Labute approximate surface area is 280 Å². The van der Waals surface area contributed by atoms with Gasteiger partial charge in [-0.25, -0.2) is 0 Å². The monoisotopic (exact) mass is 627 g/mol. The Hall–Kier alpha value is -6.46. The van der Waals surface area contributed by atoms with Crippen LogP contribution < -0.4 is 20.7 Å². The molecule has 0 N–H and O–H groups in total. The number of para-hydroxylation sites is 2. The second-order valence-corrected chi connectivity index (χ2v) is 15.7. The molecule has 0 aliphatic rings. The molecule has 0 saturated carbocycles. The second-order valence-electron chi connectivity index (χ2n) is 11.9. The fourth-order valence-corrected chi connectivity index (χ4v) is 12.4. The molecule has 1 heterocycles. The van der Waals surface area contributed by atoms with E-state index in [1.54, 1.807) is 0 Å². The Bertz CT molecular complexity index is 2320. The molecular formula is C44H29N3Si. The van der Waals surface area contributed by atoms with Gasteiger partial charge >= 0.3 is 0 Å². The second kappa shape index (κ2) is 12.0. The van der Waals surface area contributed by atoms with Crippen molar-refractivity contribution >= 4 is 50.6 Å². The Morgan fingerprint density at radius 1 is 0.417 bits per heavy atom. The van der Waals surface area contributed by atoms with Crippen molar-refractivity contribution in [3.63, 3.8) is 0 Å². The van der Waals surface area contributed by atoms with Crippen LogP contribution >= 0.6 is 0 Å². The minimum Gasteiger partial charge on any atom is -0.309 e. The van der Waals surface area contributed by atoms with E-state index in [0.717, 1.165) is 48.6 Å². The number of aromatic nitrogens is 1. The number of hydrogen-bond donors (Lipinski definition) is 0. The van der Waals surface area contributed by atoms with E-state index in [1.807, 2.05) is 66.7 Å². The first-order chi connectivity index (χ1) is 23.7. The number of nitrogens with zero attached hydrogens (tertiary/aromatic N) is 3. The van der Waals surface area contributed by atoms with Crippen LogP contribution in [-0.2, 0) is 0 Å². The van der Waals surface area contributed by atoms with Gasteiger partial charge in [0.1, 0.15) is 0 Å². The molecule has 8 aromatic rings. The number of hydrogen-bond acceptors (Lipinski definition) is 2. The van der Waals surface area contributed by atoms with Crippen LogP contribution in [0.15, 0.2) is 176 Å². The molecule has 224 valence electrons. The smallest absolute Gasteiger partial charge is 0.182 e. The molecule has 48 heavy (non-hydrogen) atoms. The van der Waals surface area contributed by atoms with Crippen LogP contribution in [0.25, 0.3) is 38.6 Å². The van der Waals surface area contributed by atoms with Gasteiger partial charge in [0.05, 0.1) is 34.3 Å². The number of rotatable bonds is 6. The van der Waals surface area contributed by atoms with Crippen molar-refractivity contribution < 1.29 is 0 Å². The van der Waals surface area contributed by atoms with Crippen molar-refractivity contribution in [2.45, 2.75) is 0 Å². The predicted molar refractivity (Wildman–Crippen MR) is 199 cm³/mol. The highest BCUT2D eigenvalue weighted by atomic mass is 28.3. The van der Waals surface area contributed by atoms with E-state index < -0.39 is 8.07 Å². The number of fused-ring (bicyclic) bond motifs is 3. The van der Waals surface area contributed by atoms with E-state index in [4.69, 9.17) is 0 Å². The number of nitriles is 2. The fraction of sp³-hybridized carbons (Fsp3) is 0. The summed E-state index contributed by atoms with van der Waals surface area (Å²) in [7, 11) is -3.10. The fourth-order valence-electron chi connectivity index (χ4n) is 7.39. The maximum atomic E-state index is 10.8. The SMILES string of the molecule is N#Cc1cc(-c2ccc(-n3c4ccccc4c4ccccc43)cc2)cc(C#N)c1[Si](c1ccccc1)(c1ccccc1)c1ccccc1. The van der Waals surface area contributed by atoms with Crippen LogP contribution in [0.5, 0.6) is 0 Å². The highest BCUT2D eigenvalue weighted by Gasteiger charge is 2.44. The molecule has 0 bridgehead atoms. The Kier molecular flexibility index (Phi) is 7.27. The molecule has 0 saturated heterocycles. The van der Waals surface area contributed by atoms with Gasteiger partial charge in [0, 0.05) is 16.5 Å². The van der Waals surface area contributed by atoms with Crippen LogP contribution in [-0.4, -0.2) is 12.6 Å². The van der Waals surface area contributed by atoms with E-state index >= 15 is 0 Å². The lowest BCUT2D eigenvalue weighted by Crippen LogP contribution is -2.75. The van der Waals surface area contributed by atoms with Crippen LogP contribution in [0.4, 0.5) is 0 Å². The minimum atomic E-state index is -3.10. The van der Waals surface area contributed by atoms with Gasteiger partial charge in [0.2, 0.25) is 0 Å². The normalized spacial score (nSPS) is 11.3. The van der Waals surface area contributed by atoms with Gasteiger partial charge in [0.25, 0.3) is 0 Å². The maximum absolute atomic E-state index is 10.8. The Morgan fingerprint density at radius 3 is 1.23 bits per heavy atom. The summed E-state index contributed by atoms with van der Waals surface area (Å²) in [6.45, 7) is 0. The van der Waals surface area contributed by atoms with Crippen molar-refractivity contribution in [2.24, 2.45) is 0 Å². The van der Waals surface area contributed by atoms with E-state index in [2.05, 4.69) is 126 Å². The topological polar surface area (TPSA) is 52.5 Å². The molecular weight excluding hydrogens is 599 g/mol. The van der Waals surface area contributed by atoms with E-state index in [1.165, 1.54) is 10.8 Å². The van der Waals surface area contributed by atoms with Gasteiger partial charge in [-0.3, -0.25) is 0 Å². The average Bonchev–Trinajstić information content (AvgIpc) is 3.51. The number of benzene rings is 7.